The van der Waals surface area contributed by atoms with Crippen LogP contribution in [0.4, 0.5) is 0 Å². The van der Waals surface area contributed by atoms with Gasteiger partial charge in [0.05, 0.1) is 0 Å². The van der Waals surface area contributed by atoms with Crippen molar-refractivity contribution in [2.45, 2.75) is 39.5 Å². The van der Waals surface area contributed by atoms with Crippen LogP contribution in [0.5, 0.6) is 5.75 Å². The minimum absolute atomic E-state index is 0.394. The van der Waals surface area contributed by atoms with E-state index in [4.69, 9.17) is 0 Å². The fraction of sp³-hybridized carbons (Fsp3) is 0.368. The molecule has 0 aromatic heterocycles. The average Bonchev–Trinajstić information content (AvgIpc) is 2.47. The normalized spacial score (nSPS) is 12.3. The number of aromatic hydroxyl groups is 1. The van der Waals surface area contributed by atoms with Crippen molar-refractivity contribution in [1.82, 2.24) is 0 Å². The molecule has 0 aliphatic carbocycles. The highest BCUT2D eigenvalue weighted by atomic mass is 16.3. The molecule has 20 heavy (non-hydrogen) atoms. The van der Waals surface area contributed by atoms with Gasteiger partial charge in [0, 0.05) is 0 Å². The summed E-state index contributed by atoms with van der Waals surface area (Å²) >= 11 is 0. The summed E-state index contributed by atoms with van der Waals surface area (Å²) < 4.78 is 0. The first-order chi connectivity index (χ1) is 9.65. The van der Waals surface area contributed by atoms with Crippen molar-refractivity contribution in [2.75, 3.05) is 0 Å². The van der Waals surface area contributed by atoms with Crippen molar-refractivity contribution in [1.29, 1.82) is 0 Å². The maximum Gasteiger partial charge on any atom is 0.118 e. The quantitative estimate of drug-likeness (QED) is 0.790. The molecule has 1 atom stereocenters. The summed E-state index contributed by atoms with van der Waals surface area (Å²) in [5, 5.41) is 9.53. The Hall–Kier alpha value is -1.76. The molecule has 2 aromatic rings. The molecule has 0 fully saturated rings. The van der Waals surface area contributed by atoms with Gasteiger partial charge in [-0.15, -0.1) is 0 Å². The molecule has 0 aliphatic heterocycles. The van der Waals surface area contributed by atoms with Crippen LogP contribution >= 0.6 is 0 Å². The van der Waals surface area contributed by atoms with Crippen LogP contribution in [0.15, 0.2) is 48.5 Å². The van der Waals surface area contributed by atoms with Gasteiger partial charge in [-0.2, -0.15) is 0 Å². The number of benzene rings is 2. The standard InChI is InChI=1S/C19H24O/c1-15(8-10-17-6-4-3-5-7-17)9-11-18-12-13-19(20)16(2)14-18/h3-7,12-15,20H,8-11H2,1-2H3. The molecule has 0 saturated heterocycles. The Balaban J connectivity index is 1.77. The second-order valence-corrected chi connectivity index (χ2v) is 5.79. The molecule has 1 N–H and O–H groups in total. The van der Waals surface area contributed by atoms with E-state index in [9.17, 15) is 5.11 Å². The van der Waals surface area contributed by atoms with E-state index in [1.807, 2.05) is 13.0 Å². The lowest BCUT2D eigenvalue weighted by Gasteiger charge is -2.12. The maximum atomic E-state index is 9.53. The first-order valence-corrected chi connectivity index (χ1v) is 7.47. The Morgan fingerprint density at radius 2 is 1.55 bits per heavy atom. The minimum Gasteiger partial charge on any atom is -0.508 e. The molecular formula is C19H24O. The molecular weight excluding hydrogens is 244 g/mol. The minimum atomic E-state index is 0.394. The van der Waals surface area contributed by atoms with E-state index >= 15 is 0 Å². The summed E-state index contributed by atoms with van der Waals surface area (Å²) in [6.45, 7) is 4.29. The van der Waals surface area contributed by atoms with E-state index in [1.165, 1.54) is 24.0 Å². The number of phenols is 1. The van der Waals surface area contributed by atoms with Crippen molar-refractivity contribution < 1.29 is 5.11 Å². The van der Waals surface area contributed by atoms with Gasteiger partial charge >= 0.3 is 0 Å². The monoisotopic (exact) mass is 268 g/mol. The van der Waals surface area contributed by atoms with Crippen molar-refractivity contribution in [3.8, 4) is 5.75 Å². The molecule has 0 amide bonds. The summed E-state index contributed by atoms with van der Waals surface area (Å²) in [4.78, 5) is 0. The molecule has 2 rings (SSSR count). The van der Waals surface area contributed by atoms with Crippen LogP contribution in [0.1, 0.15) is 36.5 Å². The van der Waals surface area contributed by atoms with Crippen LogP contribution in [0.3, 0.4) is 0 Å². The fourth-order valence-electron chi connectivity index (χ4n) is 2.49. The Morgan fingerprint density at radius 1 is 0.900 bits per heavy atom. The average molecular weight is 268 g/mol. The van der Waals surface area contributed by atoms with Crippen molar-refractivity contribution in [3.05, 3.63) is 65.2 Å². The van der Waals surface area contributed by atoms with Gasteiger partial charge < -0.3 is 5.11 Å². The van der Waals surface area contributed by atoms with Crippen LogP contribution in [-0.2, 0) is 12.8 Å². The molecule has 1 nitrogen and oxygen atoms in total. The van der Waals surface area contributed by atoms with Crippen molar-refractivity contribution >= 4 is 0 Å². The summed E-state index contributed by atoms with van der Waals surface area (Å²) in [5.74, 6) is 1.12. The van der Waals surface area contributed by atoms with E-state index in [0.717, 1.165) is 24.3 Å². The van der Waals surface area contributed by atoms with Gasteiger partial charge in [0.15, 0.2) is 0 Å². The Bertz CT molecular complexity index is 531. The fourth-order valence-corrected chi connectivity index (χ4v) is 2.49. The van der Waals surface area contributed by atoms with Crippen LogP contribution < -0.4 is 0 Å². The van der Waals surface area contributed by atoms with E-state index in [0.29, 0.717) is 5.75 Å². The highest BCUT2D eigenvalue weighted by Crippen LogP contribution is 2.20. The van der Waals surface area contributed by atoms with E-state index in [1.54, 1.807) is 6.07 Å². The second-order valence-electron chi connectivity index (χ2n) is 5.79. The molecule has 0 saturated carbocycles. The second kappa shape index (κ2) is 7.14. The number of hydrogen-bond acceptors (Lipinski definition) is 1. The SMILES string of the molecule is Cc1cc(CCC(C)CCc2ccccc2)ccc1O. The summed E-state index contributed by atoms with van der Waals surface area (Å²) in [5.41, 5.74) is 3.73. The summed E-state index contributed by atoms with van der Waals surface area (Å²) in [7, 11) is 0. The van der Waals surface area contributed by atoms with E-state index in [-0.39, 0.29) is 0 Å². The van der Waals surface area contributed by atoms with Gasteiger partial charge in [0.2, 0.25) is 0 Å². The van der Waals surface area contributed by atoms with Crippen LogP contribution in [0, 0.1) is 12.8 Å². The zero-order valence-corrected chi connectivity index (χ0v) is 12.5. The Morgan fingerprint density at radius 3 is 2.20 bits per heavy atom. The van der Waals surface area contributed by atoms with Gasteiger partial charge in [-0.25, -0.2) is 0 Å². The molecule has 0 spiro atoms. The lowest BCUT2D eigenvalue weighted by molar-refractivity contribution is 0.470. The third-order valence-corrected chi connectivity index (χ3v) is 3.96. The highest BCUT2D eigenvalue weighted by Gasteiger charge is 2.05. The number of rotatable bonds is 6. The largest absolute Gasteiger partial charge is 0.508 e. The van der Waals surface area contributed by atoms with Gasteiger partial charge in [0.25, 0.3) is 0 Å². The number of hydrogen-bond donors (Lipinski definition) is 1. The Labute approximate surface area is 122 Å². The molecule has 0 aliphatic rings. The molecule has 0 radical (unpaired) electrons. The van der Waals surface area contributed by atoms with Crippen molar-refractivity contribution in [2.24, 2.45) is 5.92 Å². The first-order valence-electron chi connectivity index (χ1n) is 7.47. The predicted molar refractivity (Wildman–Crippen MR) is 85.1 cm³/mol. The number of aryl methyl sites for hydroxylation is 3. The predicted octanol–water partition coefficient (Wildman–Crippen LogP) is 4.90. The molecule has 2 aromatic carbocycles. The molecule has 0 heterocycles. The lowest BCUT2D eigenvalue weighted by Crippen LogP contribution is -2.00. The zero-order chi connectivity index (χ0) is 14.4. The lowest BCUT2D eigenvalue weighted by atomic mass is 9.94. The zero-order valence-electron chi connectivity index (χ0n) is 12.5. The van der Waals surface area contributed by atoms with Crippen molar-refractivity contribution in [3.63, 3.8) is 0 Å². The molecule has 1 heteroatoms. The first kappa shape index (κ1) is 14.6. The van der Waals surface area contributed by atoms with Gasteiger partial charge in [-0.1, -0.05) is 49.4 Å². The highest BCUT2D eigenvalue weighted by molar-refractivity contribution is 5.34. The summed E-state index contributed by atoms with van der Waals surface area (Å²) in [6, 6.07) is 16.6. The van der Waals surface area contributed by atoms with Gasteiger partial charge in [-0.05, 0) is 61.3 Å². The van der Waals surface area contributed by atoms with E-state index in [2.05, 4.69) is 43.3 Å². The summed E-state index contributed by atoms with van der Waals surface area (Å²) in [6.07, 6.45) is 4.70. The van der Waals surface area contributed by atoms with Gasteiger partial charge in [0.1, 0.15) is 5.75 Å². The third-order valence-electron chi connectivity index (χ3n) is 3.96. The topological polar surface area (TPSA) is 20.2 Å². The third kappa shape index (κ3) is 4.41. The molecule has 106 valence electrons. The Kier molecular flexibility index (Phi) is 5.23. The van der Waals surface area contributed by atoms with Crippen LogP contribution in [0.25, 0.3) is 0 Å². The molecule has 0 bridgehead atoms. The molecule has 1 unspecified atom stereocenters. The van der Waals surface area contributed by atoms with Gasteiger partial charge in [-0.3, -0.25) is 0 Å². The van der Waals surface area contributed by atoms with E-state index < -0.39 is 0 Å². The smallest absolute Gasteiger partial charge is 0.118 e. The maximum absolute atomic E-state index is 9.53. The number of phenolic OH excluding ortho intramolecular Hbond substituents is 1. The van der Waals surface area contributed by atoms with Crippen LogP contribution in [0.2, 0.25) is 0 Å². The van der Waals surface area contributed by atoms with Crippen LogP contribution in [-0.4, -0.2) is 5.11 Å².